The maximum absolute atomic E-state index is 4.67. The summed E-state index contributed by atoms with van der Waals surface area (Å²) in [7, 11) is 0. The third-order valence-electron chi connectivity index (χ3n) is 3.19. The molecule has 21 heavy (non-hydrogen) atoms. The molecule has 0 radical (unpaired) electrons. The van der Waals surface area contributed by atoms with Gasteiger partial charge in [-0.1, -0.05) is 37.3 Å². The second-order valence-electron chi connectivity index (χ2n) is 4.84. The Morgan fingerprint density at radius 3 is 2.62 bits per heavy atom. The minimum Gasteiger partial charge on any atom is -0.370 e. The molecule has 0 atom stereocenters. The molecular formula is C17H18N4. The monoisotopic (exact) mass is 278 g/mol. The fourth-order valence-corrected chi connectivity index (χ4v) is 2.13. The van der Waals surface area contributed by atoms with Gasteiger partial charge in [0.1, 0.15) is 5.82 Å². The molecule has 0 fully saturated rings. The third-order valence-corrected chi connectivity index (χ3v) is 3.19. The first-order chi connectivity index (χ1) is 10.4. The molecule has 0 spiro atoms. The second-order valence-corrected chi connectivity index (χ2v) is 4.84. The van der Waals surface area contributed by atoms with E-state index in [0.29, 0.717) is 0 Å². The molecule has 3 aromatic rings. The molecule has 4 heteroatoms. The predicted octanol–water partition coefficient (Wildman–Crippen LogP) is 3.96. The Morgan fingerprint density at radius 2 is 1.90 bits per heavy atom. The Bertz CT molecular complexity index is 690. The highest BCUT2D eigenvalue weighted by molar-refractivity contribution is 5.65. The molecule has 2 N–H and O–H groups in total. The minimum atomic E-state index is 0.737. The van der Waals surface area contributed by atoms with E-state index in [-0.39, 0.29) is 0 Å². The van der Waals surface area contributed by atoms with Crippen molar-refractivity contribution in [3.05, 3.63) is 54.7 Å². The number of H-pyrrole nitrogens is 1. The van der Waals surface area contributed by atoms with Gasteiger partial charge >= 0.3 is 0 Å². The van der Waals surface area contributed by atoms with E-state index >= 15 is 0 Å². The predicted molar refractivity (Wildman–Crippen MR) is 86.0 cm³/mol. The maximum Gasteiger partial charge on any atom is 0.162 e. The molecule has 3 rings (SSSR count). The van der Waals surface area contributed by atoms with Gasteiger partial charge in [-0.05, 0) is 18.6 Å². The number of hydrogen-bond donors (Lipinski definition) is 2. The number of hydrogen-bond acceptors (Lipinski definition) is 3. The van der Waals surface area contributed by atoms with Gasteiger partial charge in [-0.25, -0.2) is 9.97 Å². The highest BCUT2D eigenvalue weighted by Gasteiger charge is 2.08. The number of aromatic amines is 1. The molecule has 0 aliphatic rings. The Balaban J connectivity index is 2.05. The van der Waals surface area contributed by atoms with Crippen LogP contribution in [0.1, 0.15) is 13.3 Å². The van der Waals surface area contributed by atoms with E-state index in [1.165, 1.54) is 0 Å². The van der Waals surface area contributed by atoms with Gasteiger partial charge in [0.2, 0.25) is 0 Å². The van der Waals surface area contributed by atoms with Gasteiger partial charge in [-0.2, -0.15) is 0 Å². The van der Waals surface area contributed by atoms with Crippen LogP contribution in [0, 0.1) is 0 Å². The second kappa shape index (κ2) is 6.22. The summed E-state index contributed by atoms with van der Waals surface area (Å²) in [6.45, 7) is 3.04. The summed E-state index contributed by atoms with van der Waals surface area (Å²) in [5.41, 5.74) is 2.91. The summed E-state index contributed by atoms with van der Waals surface area (Å²) in [4.78, 5) is 12.5. The highest BCUT2D eigenvalue weighted by Crippen LogP contribution is 2.23. The lowest BCUT2D eigenvalue weighted by Crippen LogP contribution is -2.04. The maximum atomic E-state index is 4.67. The molecule has 106 valence electrons. The van der Waals surface area contributed by atoms with Crippen LogP contribution in [0.3, 0.4) is 0 Å². The van der Waals surface area contributed by atoms with Gasteiger partial charge in [0.25, 0.3) is 0 Å². The molecule has 1 aromatic carbocycles. The first-order valence-electron chi connectivity index (χ1n) is 7.19. The Morgan fingerprint density at radius 1 is 1.05 bits per heavy atom. The third kappa shape index (κ3) is 3.11. The Hall–Kier alpha value is -2.62. The number of benzene rings is 1. The van der Waals surface area contributed by atoms with Crippen LogP contribution in [-0.4, -0.2) is 21.5 Å². The van der Waals surface area contributed by atoms with Crippen LogP contribution in [0.4, 0.5) is 5.82 Å². The van der Waals surface area contributed by atoms with Crippen molar-refractivity contribution in [3.8, 4) is 22.8 Å². The summed E-state index contributed by atoms with van der Waals surface area (Å²) in [5, 5.41) is 3.34. The van der Waals surface area contributed by atoms with Gasteiger partial charge in [0.15, 0.2) is 5.82 Å². The molecule has 0 amide bonds. The Labute approximate surface area is 124 Å². The van der Waals surface area contributed by atoms with Crippen LogP contribution in [0.5, 0.6) is 0 Å². The fourth-order valence-electron chi connectivity index (χ4n) is 2.13. The van der Waals surface area contributed by atoms with E-state index in [1.807, 2.05) is 54.7 Å². The summed E-state index contributed by atoms with van der Waals surface area (Å²) in [5.74, 6) is 1.59. The number of anilines is 1. The summed E-state index contributed by atoms with van der Waals surface area (Å²) >= 11 is 0. The molecular weight excluding hydrogens is 260 g/mol. The van der Waals surface area contributed by atoms with E-state index in [9.17, 15) is 0 Å². The average Bonchev–Trinajstić information content (AvgIpc) is 3.08. The quantitative estimate of drug-likeness (QED) is 0.742. The lowest BCUT2D eigenvalue weighted by molar-refractivity contribution is 0.966. The van der Waals surface area contributed by atoms with Crippen molar-refractivity contribution in [3.63, 3.8) is 0 Å². The summed E-state index contributed by atoms with van der Waals surface area (Å²) in [6, 6.07) is 16.0. The highest BCUT2D eigenvalue weighted by atomic mass is 15.0. The molecule has 4 nitrogen and oxygen atoms in total. The van der Waals surface area contributed by atoms with Gasteiger partial charge < -0.3 is 10.3 Å². The van der Waals surface area contributed by atoms with Gasteiger partial charge in [0, 0.05) is 24.4 Å². The molecule has 0 aliphatic heterocycles. The lowest BCUT2D eigenvalue weighted by Gasteiger charge is -2.09. The zero-order chi connectivity index (χ0) is 14.5. The number of rotatable bonds is 5. The number of nitrogens with zero attached hydrogens (tertiary/aromatic N) is 2. The smallest absolute Gasteiger partial charge is 0.162 e. The van der Waals surface area contributed by atoms with E-state index in [0.717, 1.165) is 41.6 Å². The fraction of sp³-hybridized carbons (Fsp3) is 0.176. The van der Waals surface area contributed by atoms with E-state index in [1.54, 1.807) is 0 Å². The van der Waals surface area contributed by atoms with Crippen LogP contribution in [0.25, 0.3) is 22.8 Å². The number of aromatic nitrogens is 3. The van der Waals surface area contributed by atoms with Gasteiger partial charge in [-0.3, -0.25) is 0 Å². The van der Waals surface area contributed by atoms with Crippen LogP contribution in [0.2, 0.25) is 0 Å². The van der Waals surface area contributed by atoms with E-state index < -0.39 is 0 Å². The van der Waals surface area contributed by atoms with Crippen LogP contribution in [-0.2, 0) is 0 Å². The van der Waals surface area contributed by atoms with Gasteiger partial charge in [0.05, 0.1) is 11.4 Å². The van der Waals surface area contributed by atoms with Crippen LogP contribution in [0.15, 0.2) is 54.7 Å². The summed E-state index contributed by atoms with van der Waals surface area (Å²) in [6.07, 6.45) is 2.96. The SMILES string of the molecule is CCCNc1cc(-c2ccc[nH]2)nc(-c2ccccc2)n1. The normalized spacial score (nSPS) is 10.5. The van der Waals surface area contributed by atoms with Crippen LogP contribution < -0.4 is 5.32 Å². The largest absolute Gasteiger partial charge is 0.370 e. The average molecular weight is 278 g/mol. The molecule has 0 saturated heterocycles. The molecule has 0 saturated carbocycles. The molecule has 2 aromatic heterocycles. The van der Waals surface area contributed by atoms with Crippen molar-refractivity contribution in [2.24, 2.45) is 0 Å². The minimum absolute atomic E-state index is 0.737. The van der Waals surface area contributed by atoms with Crippen molar-refractivity contribution in [2.45, 2.75) is 13.3 Å². The van der Waals surface area contributed by atoms with Crippen LogP contribution >= 0.6 is 0 Å². The summed E-state index contributed by atoms with van der Waals surface area (Å²) < 4.78 is 0. The number of nitrogens with one attached hydrogen (secondary N) is 2. The lowest BCUT2D eigenvalue weighted by atomic mass is 10.2. The van der Waals surface area contributed by atoms with E-state index in [2.05, 4.69) is 27.2 Å². The van der Waals surface area contributed by atoms with Gasteiger partial charge in [-0.15, -0.1) is 0 Å². The zero-order valence-electron chi connectivity index (χ0n) is 12.0. The van der Waals surface area contributed by atoms with Crippen molar-refractivity contribution < 1.29 is 0 Å². The van der Waals surface area contributed by atoms with E-state index in [4.69, 9.17) is 0 Å². The Kier molecular flexibility index (Phi) is 3.96. The van der Waals surface area contributed by atoms with Crippen molar-refractivity contribution in [1.29, 1.82) is 0 Å². The van der Waals surface area contributed by atoms with Crippen molar-refractivity contribution >= 4 is 5.82 Å². The van der Waals surface area contributed by atoms with Crippen molar-refractivity contribution in [2.75, 3.05) is 11.9 Å². The standard InChI is InChI=1S/C17H18N4/c1-2-10-19-16-12-15(14-9-6-11-18-14)20-17(21-16)13-7-4-3-5-8-13/h3-9,11-12,18H,2,10H2,1H3,(H,19,20,21). The zero-order valence-corrected chi connectivity index (χ0v) is 12.0. The molecule has 0 aliphatic carbocycles. The molecule has 0 bridgehead atoms. The topological polar surface area (TPSA) is 53.6 Å². The first kappa shape index (κ1) is 13.4. The molecule has 0 unspecified atom stereocenters. The first-order valence-corrected chi connectivity index (χ1v) is 7.19. The van der Waals surface area contributed by atoms with Crippen molar-refractivity contribution in [1.82, 2.24) is 15.0 Å². The molecule has 2 heterocycles.